The number of fused-ring (bicyclic) bond motifs is 2. The van der Waals surface area contributed by atoms with E-state index in [0.29, 0.717) is 19.0 Å². The summed E-state index contributed by atoms with van der Waals surface area (Å²) in [5, 5.41) is 7.54. The predicted molar refractivity (Wildman–Crippen MR) is 133 cm³/mol. The maximum absolute atomic E-state index is 12.9. The normalized spacial score (nSPS) is 13.1. The highest BCUT2D eigenvalue weighted by atomic mass is 16.2. The lowest BCUT2D eigenvalue weighted by Crippen LogP contribution is -2.39. The van der Waals surface area contributed by atoms with Crippen LogP contribution in [0, 0.1) is 0 Å². The van der Waals surface area contributed by atoms with E-state index < -0.39 is 0 Å². The largest absolute Gasteiger partial charge is 0.339 e. The number of amides is 2. The Morgan fingerprint density at radius 3 is 2.64 bits per heavy atom. The fraction of sp³-hybridized carbons (Fsp3) is 0.222. The van der Waals surface area contributed by atoms with Gasteiger partial charge in [-0.15, -0.1) is 0 Å². The maximum atomic E-state index is 12.9. The molecule has 1 aliphatic rings. The fourth-order valence-corrected chi connectivity index (χ4v) is 4.20. The Hall–Kier alpha value is -3.93. The molecule has 6 heteroatoms. The lowest BCUT2D eigenvalue weighted by Gasteiger charge is -2.30. The number of hydrogen-bond acceptors (Lipinski definition) is 4. The molecule has 3 heterocycles. The molecule has 4 aromatic rings. The molecule has 1 aliphatic heterocycles. The molecule has 0 spiro atoms. The van der Waals surface area contributed by atoms with Gasteiger partial charge in [-0.2, -0.15) is 0 Å². The Labute approximate surface area is 193 Å². The Morgan fingerprint density at radius 1 is 1.00 bits per heavy atom. The number of nitrogens with one attached hydrogen (secondary N) is 2. The molecule has 0 saturated carbocycles. The van der Waals surface area contributed by atoms with E-state index in [4.69, 9.17) is 0 Å². The molecule has 0 unspecified atom stereocenters. The number of benzene rings is 2. The van der Waals surface area contributed by atoms with Crippen LogP contribution in [0.2, 0.25) is 0 Å². The zero-order valence-corrected chi connectivity index (χ0v) is 18.9. The number of anilines is 3. The summed E-state index contributed by atoms with van der Waals surface area (Å²) < 4.78 is 0. The average molecular weight is 438 g/mol. The first kappa shape index (κ1) is 20.9. The predicted octanol–water partition coefficient (Wildman–Crippen LogP) is 6.09. The van der Waals surface area contributed by atoms with Crippen molar-refractivity contribution in [1.82, 2.24) is 14.9 Å². The van der Waals surface area contributed by atoms with E-state index in [2.05, 4.69) is 52.6 Å². The molecule has 166 valence electrons. The minimum Gasteiger partial charge on any atom is -0.339 e. The number of hydrogen-bond donors (Lipinski definition) is 2. The van der Waals surface area contributed by atoms with Crippen LogP contribution in [-0.2, 0) is 13.0 Å². The molecule has 33 heavy (non-hydrogen) atoms. The van der Waals surface area contributed by atoms with Gasteiger partial charge in [-0.3, -0.25) is 4.98 Å². The summed E-state index contributed by atoms with van der Waals surface area (Å²) in [6.45, 7) is 5.51. The van der Waals surface area contributed by atoms with Crippen molar-refractivity contribution in [2.45, 2.75) is 32.7 Å². The van der Waals surface area contributed by atoms with Crippen LogP contribution in [0.25, 0.3) is 10.9 Å². The van der Waals surface area contributed by atoms with Crippen LogP contribution in [0.5, 0.6) is 0 Å². The summed E-state index contributed by atoms with van der Waals surface area (Å²) in [7, 11) is 0. The first-order valence-electron chi connectivity index (χ1n) is 11.3. The van der Waals surface area contributed by atoms with E-state index >= 15 is 0 Å². The van der Waals surface area contributed by atoms with Crippen LogP contribution in [0.4, 0.5) is 22.0 Å². The molecule has 0 radical (unpaired) electrons. The third kappa shape index (κ3) is 4.51. The lowest BCUT2D eigenvalue weighted by atomic mass is 10.0. The Morgan fingerprint density at radius 2 is 1.82 bits per heavy atom. The SMILES string of the molecule is CC(C)c1ccc(NC(=O)N2CCc3c(ccnc3Nc3cnc4ccccc4c3)C2)cc1. The zero-order chi connectivity index (χ0) is 22.8. The molecule has 2 aromatic carbocycles. The minimum atomic E-state index is -0.0806. The molecule has 2 amide bonds. The number of para-hydroxylation sites is 1. The minimum absolute atomic E-state index is 0.0806. The van der Waals surface area contributed by atoms with Crippen LogP contribution < -0.4 is 10.6 Å². The van der Waals surface area contributed by atoms with Gasteiger partial charge >= 0.3 is 6.03 Å². The summed E-state index contributed by atoms with van der Waals surface area (Å²) in [6.07, 6.45) is 4.37. The number of nitrogens with zero attached hydrogens (tertiary/aromatic N) is 3. The van der Waals surface area contributed by atoms with E-state index in [1.165, 1.54) is 5.56 Å². The number of rotatable bonds is 4. The van der Waals surface area contributed by atoms with Gasteiger partial charge < -0.3 is 15.5 Å². The smallest absolute Gasteiger partial charge is 0.322 e. The first-order chi connectivity index (χ1) is 16.1. The molecular formula is C27H27N5O. The molecule has 2 aromatic heterocycles. The Bertz CT molecular complexity index is 1300. The van der Waals surface area contributed by atoms with Crippen LogP contribution in [0.15, 0.2) is 73.1 Å². The molecule has 2 N–H and O–H groups in total. The molecule has 5 rings (SSSR count). The third-order valence-electron chi connectivity index (χ3n) is 6.11. The molecule has 0 fully saturated rings. The van der Waals surface area contributed by atoms with Gasteiger partial charge in [0.1, 0.15) is 5.82 Å². The van der Waals surface area contributed by atoms with Gasteiger partial charge in [-0.25, -0.2) is 9.78 Å². The van der Waals surface area contributed by atoms with Gasteiger partial charge in [0.25, 0.3) is 0 Å². The van der Waals surface area contributed by atoms with Crippen molar-refractivity contribution in [3.63, 3.8) is 0 Å². The van der Waals surface area contributed by atoms with Crippen molar-refractivity contribution in [3.8, 4) is 0 Å². The number of carbonyl (C=O) groups is 1. The van der Waals surface area contributed by atoms with E-state index in [-0.39, 0.29) is 6.03 Å². The van der Waals surface area contributed by atoms with Gasteiger partial charge in [0, 0.05) is 35.9 Å². The van der Waals surface area contributed by atoms with E-state index in [1.54, 1.807) is 6.20 Å². The highest BCUT2D eigenvalue weighted by Gasteiger charge is 2.23. The molecule has 0 atom stereocenters. The van der Waals surface area contributed by atoms with Crippen LogP contribution in [0.3, 0.4) is 0 Å². The second-order valence-corrected chi connectivity index (χ2v) is 8.72. The molecule has 0 saturated heterocycles. The summed E-state index contributed by atoms with van der Waals surface area (Å²) in [4.78, 5) is 23.8. The van der Waals surface area contributed by atoms with Gasteiger partial charge in [0.05, 0.1) is 17.4 Å². The average Bonchev–Trinajstić information content (AvgIpc) is 2.84. The van der Waals surface area contributed by atoms with Crippen LogP contribution in [-0.4, -0.2) is 27.4 Å². The summed E-state index contributed by atoms with van der Waals surface area (Å²) in [5.41, 5.74) is 6.20. The summed E-state index contributed by atoms with van der Waals surface area (Å²) in [6, 6.07) is 20.1. The van der Waals surface area contributed by atoms with E-state index in [0.717, 1.165) is 45.6 Å². The summed E-state index contributed by atoms with van der Waals surface area (Å²) >= 11 is 0. The molecule has 6 nitrogen and oxygen atoms in total. The van der Waals surface area contributed by atoms with Crippen molar-refractivity contribution < 1.29 is 4.79 Å². The van der Waals surface area contributed by atoms with Gasteiger partial charge in [0.15, 0.2) is 0 Å². The zero-order valence-electron chi connectivity index (χ0n) is 18.9. The van der Waals surface area contributed by atoms with E-state index in [1.807, 2.05) is 53.6 Å². The topological polar surface area (TPSA) is 70.2 Å². The monoisotopic (exact) mass is 437 g/mol. The highest BCUT2D eigenvalue weighted by Crippen LogP contribution is 2.28. The van der Waals surface area contributed by atoms with Crippen LogP contribution >= 0.6 is 0 Å². The van der Waals surface area contributed by atoms with Crippen molar-refractivity contribution in [2.24, 2.45) is 0 Å². The standard InChI is InChI=1S/C27H27N5O/c1-18(2)19-7-9-22(10-8-19)31-27(33)32-14-12-24-21(17-32)11-13-28-26(24)30-23-15-20-5-3-4-6-25(20)29-16-23/h3-11,13,15-16,18H,12,14,17H2,1-2H3,(H,28,30)(H,31,33). The molecule has 0 bridgehead atoms. The Kier molecular flexibility index (Phi) is 5.65. The second-order valence-electron chi connectivity index (χ2n) is 8.72. The van der Waals surface area contributed by atoms with Gasteiger partial charge in [-0.05, 0) is 53.8 Å². The third-order valence-corrected chi connectivity index (χ3v) is 6.11. The highest BCUT2D eigenvalue weighted by molar-refractivity contribution is 5.89. The number of carbonyl (C=O) groups excluding carboxylic acids is 1. The second kappa shape index (κ2) is 8.90. The molecular weight excluding hydrogens is 410 g/mol. The van der Waals surface area contributed by atoms with E-state index in [9.17, 15) is 4.79 Å². The fourth-order valence-electron chi connectivity index (χ4n) is 4.20. The maximum Gasteiger partial charge on any atom is 0.322 e. The number of urea groups is 1. The number of aromatic nitrogens is 2. The van der Waals surface area contributed by atoms with Gasteiger partial charge in [-0.1, -0.05) is 44.2 Å². The Balaban J connectivity index is 1.29. The quantitative estimate of drug-likeness (QED) is 0.405. The molecule has 0 aliphatic carbocycles. The van der Waals surface area contributed by atoms with Gasteiger partial charge in [0.2, 0.25) is 0 Å². The van der Waals surface area contributed by atoms with Crippen molar-refractivity contribution in [1.29, 1.82) is 0 Å². The first-order valence-corrected chi connectivity index (χ1v) is 11.3. The van der Waals surface area contributed by atoms with Crippen LogP contribution in [0.1, 0.15) is 36.5 Å². The number of pyridine rings is 2. The van der Waals surface area contributed by atoms with Crippen molar-refractivity contribution in [3.05, 3.63) is 89.7 Å². The summed E-state index contributed by atoms with van der Waals surface area (Å²) in [5.74, 6) is 1.30. The van der Waals surface area contributed by atoms with Crippen molar-refractivity contribution in [2.75, 3.05) is 17.2 Å². The lowest BCUT2D eigenvalue weighted by molar-refractivity contribution is 0.206. The van der Waals surface area contributed by atoms with Crippen molar-refractivity contribution >= 4 is 34.1 Å².